The minimum absolute atomic E-state index is 0.132. The molecule has 0 spiro atoms. The summed E-state index contributed by atoms with van der Waals surface area (Å²) in [5, 5.41) is 8.85. The molecule has 0 aliphatic carbocycles. The molecular weight excluding hydrogens is 353 g/mol. The molecule has 7 nitrogen and oxygen atoms in total. The third kappa shape index (κ3) is 3.94. The van der Waals surface area contributed by atoms with E-state index in [0.29, 0.717) is 37.3 Å². The minimum Gasteiger partial charge on any atom is -0.477 e. The van der Waals surface area contributed by atoms with Gasteiger partial charge in [0.1, 0.15) is 11.5 Å². The van der Waals surface area contributed by atoms with E-state index in [4.69, 9.17) is 5.11 Å². The summed E-state index contributed by atoms with van der Waals surface area (Å²) in [7, 11) is 0. The van der Waals surface area contributed by atoms with Crippen LogP contribution in [0.5, 0.6) is 0 Å². The smallest absolute Gasteiger partial charge is 0.354 e. The molecule has 2 amide bonds. The normalized spacial score (nSPS) is 14.1. The maximum Gasteiger partial charge on any atom is 0.354 e. The number of carboxylic acids is 1. The zero-order valence-electron chi connectivity index (χ0n) is 14.7. The van der Waals surface area contributed by atoms with Gasteiger partial charge in [-0.05, 0) is 36.8 Å². The van der Waals surface area contributed by atoms with Gasteiger partial charge < -0.3 is 14.9 Å². The highest BCUT2D eigenvalue weighted by molar-refractivity contribution is 5.96. The lowest BCUT2D eigenvalue weighted by Crippen LogP contribution is -2.50. The van der Waals surface area contributed by atoms with Crippen molar-refractivity contribution in [1.29, 1.82) is 0 Å². The molecule has 0 bridgehead atoms. The van der Waals surface area contributed by atoms with Gasteiger partial charge in [0, 0.05) is 37.9 Å². The number of aromatic carboxylic acids is 1. The molecule has 1 aliphatic rings. The Hall–Kier alpha value is -3.29. The van der Waals surface area contributed by atoms with Gasteiger partial charge in [0.15, 0.2) is 0 Å². The predicted octanol–water partition coefficient (Wildman–Crippen LogP) is 1.83. The summed E-state index contributed by atoms with van der Waals surface area (Å²) in [5.74, 6) is -2.12. The van der Waals surface area contributed by atoms with Crippen LogP contribution < -0.4 is 0 Å². The van der Waals surface area contributed by atoms with Gasteiger partial charge in [-0.25, -0.2) is 14.2 Å². The van der Waals surface area contributed by atoms with Crippen molar-refractivity contribution in [2.24, 2.45) is 0 Å². The van der Waals surface area contributed by atoms with Crippen LogP contribution in [-0.2, 0) is 0 Å². The van der Waals surface area contributed by atoms with Gasteiger partial charge in [-0.3, -0.25) is 9.59 Å². The number of carboxylic acid groups (broad SMARTS) is 1. The molecular formula is C19H18FN3O4. The first-order valence-corrected chi connectivity index (χ1v) is 8.41. The highest BCUT2D eigenvalue weighted by Gasteiger charge is 2.26. The third-order valence-electron chi connectivity index (χ3n) is 4.50. The van der Waals surface area contributed by atoms with Crippen LogP contribution in [0.1, 0.15) is 36.8 Å². The molecule has 1 fully saturated rings. The number of pyridine rings is 1. The Morgan fingerprint density at radius 1 is 0.963 bits per heavy atom. The number of rotatable bonds is 3. The van der Waals surface area contributed by atoms with Gasteiger partial charge in [-0.1, -0.05) is 6.07 Å². The lowest BCUT2D eigenvalue weighted by molar-refractivity contribution is 0.0535. The summed E-state index contributed by atoms with van der Waals surface area (Å²) >= 11 is 0. The number of benzene rings is 1. The van der Waals surface area contributed by atoms with Crippen molar-refractivity contribution in [2.45, 2.75) is 6.92 Å². The molecule has 8 heteroatoms. The van der Waals surface area contributed by atoms with Crippen LogP contribution in [0.2, 0.25) is 0 Å². The zero-order chi connectivity index (χ0) is 19.6. The first kappa shape index (κ1) is 18.5. The quantitative estimate of drug-likeness (QED) is 0.889. The topological polar surface area (TPSA) is 90.8 Å². The van der Waals surface area contributed by atoms with Crippen molar-refractivity contribution in [3.05, 3.63) is 64.7 Å². The molecule has 0 unspecified atom stereocenters. The van der Waals surface area contributed by atoms with Crippen molar-refractivity contribution in [3.8, 4) is 0 Å². The molecule has 2 aromatic rings. The van der Waals surface area contributed by atoms with Crippen LogP contribution in [-0.4, -0.2) is 63.9 Å². The minimum atomic E-state index is -1.16. The average molecular weight is 371 g/mol. The molecule has 2 heterocycles. The van der Waals surface area contributed by atoms with Gasteiger partial charge in [0.05, 0.1) is 5.56 Å². The fourth-order valence-corrected chi connectivity index (χ4v) is 2.85. The average Bonchev–Trinajstić information content (AvgIpc) is 2.69. The largest absolute Gasteiger partial charge is 0.477 e. The molecule has 1 aliphatic heterocycles. The number of hydrogen-bond donors (Lipinski definition) is 1. The second kappa shape index (κ2) is 7.53. The van der Waals surface area contributed by atoms with Crippen LogP contribution in [0.3, 0.4) is 0 Å². The Morgan fingerprint density at radius 3 is 2.00 bits per heavy atom. The molecule has 1 aromatic heterocycles. The Morgan fingerprint density at radius 2 is 1.52 bits per heavy atom. The number of carbonyl (C=O) groups excluding carboxylic acids is 2. The van der Waals surface area contributed by atoms with E-state index in [2.05, 4.69) is 4.98 Å². The zero-order valence-corrected chi connectivity index (χ0v) is 14.7. The summed E-state index contributed by atoms with van der Waals surface area (Å²) in [6, 6.07) is 7.08. The van der Waals surface area contributed by atoms with Gasteiger partial charge in [-0.2, -0.15) is 0 Å². The van der Waals surface area contributed by atoms with Crippen LogP contribution >= 0.6 is 0 Å². The third-order valence-corrected chi connectivity index (χ3v) is 4.50. The Kier molecular flexibility index (Phi) is 5.16. The van der Waals surface area contributed by atoms with E-state index in [1.54, 1.807) is 28.9 Å². The Bertz CT molecular complexity index is 890. The molecule has 0 radical (unpaired) electrons. The second-order valence-electron chi connectivity index (χ2n) is 6.29. The first-order valence-electron chi connectivity index (χ1n) is 8.41. The van der Waals surface area contributed by atoms with Crippen LogP contribution in [0.4, 0.5) is 4.39 Å². The maximum atomic E-state index is 13.7. The number of nitrogens with zero attached hydrogens (tertiary/aromatic N) is 3. The monoisotopic (exact) mass is 371 g/mol. The lowest BCUT2D eigenvalue weighted by atomic mass is 10.1. The van der Waals surface area contributed by atoms with E-state index >= 15 is 0 Å². The van der Waals surface area contributed by atoms with E-state index in [9.17, 15) is 18.8 Å². The second-order valence-corrected chi connectivity index (χ2v) is 6.29. The summed E-state index contributed by atoms with van der Waals surface area (Å²) in [5.41, 5.74) is 0.920. The van der Waals surface area contributed by atoms with E-state index in [1.807, 2.05) is 0 Å². The van der Waals surface area contributed by atoms with Crippen molar-refractivity contribution in [3.63, 3.8) is 0 Å². The molecule has 1 N–H and O–H groups in total. The van der Waals surface area contributed by atoms with E-state index in [-0.39, 0.29) is 23.1 Å². The first-order chi connectivity index (χ1) is 12.9. The summed E-state index contributed by atoms with van der Waals surface area (Å²) < 4.78 is 13.7. The van der Waals surface area contributed by atoms with Crippen LogP contribution in [0.15, 0.2) is 36.5 Å². The molecule has 1 aromatic carbocycles. The van der Waals surface area contributed by atoms with Gasteiger partial charge in [0.2, 0.25) is 0 Å². The number of piperazine rings is 1. The predicted molar refractivity (Wildman–Crippen MR) is 94.1 cm³/mol. The van der Waals surface area contributed by atoms with Crippen molar-refractivity contribution in [1.82, 2.24) is 14.8 Å². The van der Waals surface area contributed by atoms with Crippen LogP contribution in [0.25, 0.3) is 0 Å². The number of amides is 2. The number of aryl methyl sites for hydroxylation is 1. The fourth-order valence-electron chi connectivity index (χ4n) is 2.85. The standard InChI is InChI=1S/C19H18FN3O4/c1-12-2-3-13(10-15(12)20)17(24)22-6-8-23(9-7-22)18(25)14-4-5-16(19(26)27)21-11-14/h2-5,10-11H,6-9H2,1H3,(H,26,27). The molecule has 140 valence electrons. The number of halogens is 1. The van der Waals surface area contributed by atoms with Gasteiger partial charge in [0.25, 0.3) is 11.8 Å². The Balaban J connectivity index is 1.62. The molecule has 27 heavy (non-hydrogen) atoms. The van der Waals surface area contributed by atoms with Gasteiger partial charge in [-0.15, -0.1) is 0 Å². The number of carbonyl (C=O) groups is 3. The van der Waals surface area contributed by atoms with Crippen molar-refractivity contribution >= 4 is 17.8 Å². The van der Waals surface area contributed by atoms with Crippen molar-refractivity contribution in [2.75, 3.05) is 26.2 Å². The summed E-state index contributed by atoms with van der Waals surface area (Å²) in [4.78, 5) is 42.7. The number of aromatic nitrogens is 1. The molecule has 3 rings (SSSR count). The number of hydrogen-bond acceptors (Lipinski definition) is 4. The fraction of sp³-hybridized carbons (Fsp3) is 0.263. The maximum absolute atomic E-state index is 13.7. The van der Waals surface area contributed by atoms with Crippen LogP contribution in [0, 0.1) is 12.7 Å². The lowest BCUT2D eigenvalue weighted by Gasteiger charge is -2.34. The highest BCUT2D eigenvalue weighted by Crippen LogP contribution is 2.14. The van der Waals surface area contributed by atoms with Crippen molar-refractivity contribution < 1.29 is 23.9 Å². The SMILES string of the molecule is Cc1ccc(C(=O)N2CCN(C(=O)c3ccc(C(=O)O)nc3)CC2)cc1F. The van der Waals surface area contributed by atoms with Gasteiger partial charge >= 0.3 is 5.97 Å². The van der Waals surface area contributed by atoms with E-state index < -0.39 is 11.8 Å². The summed E-state index contributed by atoms with van der Waals surface area (Å²) in [6.07, 6.45) is 1.23. The molecule has 1 saturated heterocycles. The molecule has 0 atom stereocenters. The Labute approximate surface area is 155 Å². The summed E-state index contributed by atoms with van der Waals surface area (Å²) in [6.45, 7) is 2.96. The highest BCUT2D eigenvalue weighted by atomic mass is 19.1. The van der Waals surface area contributed by atoms with E-state index in [1.165, 1.54) is 24.4 Å². The van der Waals surface area contributed by atoms with E-state index in [0.717, 1.165) is 0 Å². The molecule has 0 saturated carbocycles.